The summed E-state index contributed by atoms with van der Waals surface area (Å²) < 4.78 is 6.31. The summed E-state index contributed by atoms with van der Waals surface area (Å²) in [5.41, 5.74) is 5.81. The predicted molar refractivity (Wildman–Crippen MR) is 174 cm³/mol. The molecule has 3 atom stereocenters. The van der Waals surface area contributed by atoms with Crippen LogP contribution in [0.3, 0.4) is 0 Å². The smallest absolute Gasteiger partial charge is 0.246 e. The number of aromatic amines is 2. The minimum atomic E-state index is -0.555. The molecule has 0 aliphatic carbocycles. The molecule has 3 N–H and O–H groups in total. The van der Waals surface area contributed by atoms with Gasteiger partial charge in [0.15, 0.2) is 0 Å². The van der Waals surface area contributed by atoms with Crippen molar-refractivity contribution in [3.63, 3.8) is 0 Å². The lowest BCUT2D eigenvalue weighted by atomic mass is 10.0. The average Bonchev–Trinajstić information content (AvgIpc) is 3.84. The van der Waals surface area contributed by atoms with Gasteiger partial charge in [-0.2, -0.15) is 0 Å². The van der Waals surface area contributed by atoms with Gasteiger partial charge in [0.05, 0.1) is 34.2 Å². The van der Waals surface area contributed by atoms with Crippen molar-refractivity contribution in [3.8, 4) is 22.6 Å². The lowest BCUT2D eigenvalue weighted by molar-refractivity contribution is -0.137. The molecule has 232 valence electrons. The lowest BCUT2D eigenvalue weighted by Crippen LogP contribution is -2.48. The third-order valence-corrected chi connectivity index (χ3v) is 9.25. The van der Waals surface area contributed by atoms with E-state index in [1.54, 1.807) is 0 Å². The fraction of sp³-hybridized carbons (Fsp3) is 0.371. The number of nitrogens with zero attached hydrogens (tertiary/aromatic N) is 4. The number of benzene rings is 3. The number of nitrogens with one attached hydrogen (secondary N) is 3. The highest BCUT2D eigenvalue weighted by atomic mass is 16.5. The van der Waals surface area contributed by atoms with E-state index in [-0.39, 0.29) is 17.9 Å². The highest BCUT2D eigenvalue weighted by molar-refractivity contribution is 5.85. The van der Waals surface area contributed by atoms with Crippen LogP contribution in [0.2, 0.25) is 0 Å². The predicted octanol–water partition coefficient (Wildman–Crippen LogP) is 6.10. The van der Waals surface area contributed by atoms with Crippen LogP contribution >= 0.6 is 0 Å². The number of rotatable bonds is 9. The molecule has 2 aliphatic heterocycles. The second-order valence-electron chi connectivity index (χ2n) is 12.6. The maximum Gasteiger partial charge on any atom is 0.246 e. The highest BCUT2D eigenvalue weighted by Crippen LogP contribution is 2.35. The number of imidazole rings is 2. The Balaban J connectivity index is 1.09. The first-order valence-corrected chi connectivity index (χ1v) is 15.9. The number of carbonyl (C=O) groups excluding carboxylic acids is 2. The van der Waals surface area contributed by atoms with E-state index < -0.39 is 6.04 Å². The molecule has 5 aromatic rings. The number of amides is 2. The van der Waals surface area contributed by atoms with Crippen molar-refractivity contribution in [2.24, 2.45) is 5.92 Å². The topological polar surface area (TPSA) is 119 Å². The second-order valence-corrected chi connectivity index (χ2v) is 12.6. The maximum atomic E-state index is 13.3. The first-order valence-electron chi connectivity index (χ1n) is 15.9. The first kappa shape index (κ1) is 29.0. The average molecular weight is 606 g/mol. The van der Waals surface area contributed by atoms with E-state index >= 15 is 0 Å². The molecule has 45 heavy (non-hydrogen) atoms. The molecule has 10 heteroatoms. The van der Waals surface area contributed by atoms with Gasteiger partial charge in [0.2, 0.25) is 12.3 Å². The zero-order chi connectivity index (χ0) is 31.1. The summed E-state index contributed by atoms with van der Waals surface area (Å²) >= 11 is 0. The molecule has 2 fully saturated rings. The van der Waals surface area contributed by atoms with Gasteiger partial charge in [-0.1, -0.05) is 32.0 Å². The van der Waals surface area contributed by atoms with Gasteiger partial charge in [0.1, 0.15) is 29.2 Å². The first-order chi connectivity index (χ1) is 21.9. The van der Waals surface area contributed by atoms with Crippen molar-refractivity contribution in [1.82, 2.24) is 35.1 Å². The van der Waals surface area contributed by atoms with Gasteiger partial charge in [-0.15, -0.1) is 0 Å². The summed E-state index contributed by atoms with van der Waals surface area (Å²) in [4.78, 5) is 45.4. The van der Waals surface area contributed by atoms with Gasteiger partial charge in [-0.25, -0.2) is 9.97 Å². The molecule has 0 spiro atoms. The van der Waals surface area contributed by atoms with Crippen LogP contribution in [0.4, 0.5) is 0 Å². The Labute approximate surface area is 262 Å². The van der Waals surface area contributed by atoms with Crippen molar-refractivity contribution in [3.05, 3.63) is 72.3 Å². The van der Waals surface area contributed by atoms with Crippen molar-refractivity contribution in [1.29, 1.82) is 0 Å². The number of aromatic nitrogens is 4. The van der Waals surface area contributed by atoms with Crippen LogP contribution in [0.5, 0.6) is 11.5 Å². The minimum absolute atomic E-state index is 0.0113. The number of ether oxygens (including phenoxy) is 1. The van der Waals surface area contributed by atoms with Gasteiger partial charge in [0, 0.05) is 12.6 Å². The number of H-pyrrole nitrogens is 2. The van der Waals surface area contributed by atoms with Crippen LogP contribution in [0.15, 0.2) is 60.7 Å². The molecule has 7 rings (SSSR count). The molecule has 0 saturated carbocycles. The second kappa shape index (κ2) is 12.0. The molecule has 1 unspecified atom stereocenters. The fourth-order valence-corrected chi connectivity index (χ4v) is 6.84. The maximum absolute atomic E-state index is 13.3. The molecule has 0 radical (unpaired) electrons. The Morgan fingerprint density at radius 2 is 1.56 bits per heavy atom. The fourth-order valence-electron chi connectivity index (χ4n) is 6.84. The van der Waals surface area contributed by atoms with Crippen LogP contribution in [-0.2, 0) is 9.59 Å². The van der Waals surface area contributed by atoms with E-state index in [2.05, 4.69) is 51.5 Å². The van der Waals surface area contributed by atoms with E-state index in [0.717, 1.165) is 76.4 Å². The third kappa shape index (κ3) is 5.66. The summed E-state index contributed by atoms with van der Waals surface area (Å²) in [7, 11) is 2.16. The van der Waals surface area contributed by atoms with Crippen LogP contribution in [0.1, 0.15) is 63.3 Å². The Morgan fingerprint density at radius 1 is 0.889 bits per heavy atom. The molecule has 2 aliphatic rings. The Kier molecular flexibility index (Phi) is 7.75. The monoisotopic (exact) mass is 605 g/mol. The molecule has 4 heterocycles. The van der Waals surface area contributed by atoms with E-state index in [0.29, 0.717) is 24.7 Å². The van der Waals surface area contributed by atoms with Crippen LogP contribution in [0, 0.1) is 5.92 Å². The SMILES string of the molecule is CC(C)C(NC=O)C(=O)N1CCC[C@H]1c1nc2cc(Oc3cccc(-c4ccc5[nH]c([C@@H]6CCCN6C)nc5c4)c3)ccc2[nH]1. The van der Waals surface area contributed by atoms with Crippen LogP contribution < -0.4 is 10.1 Å². The molecule has 2 aromatic heterocycles. The van der Waals surface area contributed by atoms with E-state index in [1.807, 2.05) is 55.1 Å². The highest BCUT2D eigenvalue weighted by Gasteiger charge is 2.36. The van der Waals surface area contributed by atoms with E-state index in [1.165, 1.54) is 6.42 Å². The van der Waals surface area contributed by atoms with Gasteiger partial charge in [-0.05, 0) is 92.7 Å². The quantitative estimate of drug-likeness (QED) is 0.175. The number of likely N-dealkylation sites (tertiary alicyclic amines) is 2. The Bertz CT molecular complexity index is 1860. The molecule has 0 bridgehead atoms. The van der Waals surface area contributed by atoms with Gasteiger partial charge in [0.25, 0.3) is 0 Å². The normalized spacial score (nSPS) is 19.5. The van der Waals surface area contributed by atoms with Gasteiger partial charge >= 0.3 is 0 Å². The molecular weight excluding hydrogens is 566 g/mol. The molecule has 3 aromatic carbocycles. The van der Waals surface area contributed by atoms with Crippen molar-refractivity contribution >= 4 is 34.4 Å². The summed E-state index contributed by atoms with van der Waals surface area (Å²) in [6.07, 6.45) is 4.64. The number of fused-ring (bicyclic) bond motifs is 2. The number of carbonyl (C=O) groups is 2. The molecule has 2 saturated heterocycles. The zero-order valence-electron chi connectivity index (χ0n) is 25.9. The Morgan fingerprint density at radius 3 is 2.29 bits per heavy atom. The van der Waals surface area contributed by atoms with Crippen LogP contribution in [-0.4, -0.2) is 68.2 Å². The molecular formula is C35H39N7O3. The zero-order valence-corrected chi connectivity index (χ0v) is 25.9. The minimum Gasteiger partial charge on any atom is -0.457 e. The third-order valence-electron chi connectivity index (χ3n) is 9.25. The number of hydrogen-bond acceptors (Lipinski definition) is 6. The van der Waals surface area contributed by atoms with E-state index in [9.17, 15) is 9.59 Å². The van der Waals surface area contributed by atoms with E-state index in [4.69, 9.17) is 14.7 Å². The van der Waals surface area contributed by atoms with Crippen molar-refractivity contribution < 1.29 is 14.3 Å². The van der Waals surface area contributed by atoms with Crippen molar-refractivity contribution in [2.75, 3.05) is 20.1 Å². The van der Waals surface area contributed by atoms with Gasteiger partial charge < -0.3 is 24.9 Å². The molecule has 10 nitrogen and oxygen atoms in total. The lowest BCUT2D eigenvalue weighted by Gasteiger charge is -2.29. The summed E-state index contributed by atoms with van der Waals surface area (Å²) in [6.45, 7) is 5.62. The standard InChI is InChI=1S/C35H39N7O3/c1-21(2)32(36-20-43)35(44)42-16-6-10-31(42)34-38-27-14-12-25(19-29(27)40-34)45-24-8-4-7-22(17-24)23-11-13-26-28(18-23)39-33(37-26)30-9-5-15-41(30)3/h4,7-8,11-14,17-21,30-32H,5-6,9-10,15-16H2,1-3H3,(H,36,43)(H,37,39)(H,38,40)/t30-,31-,32?/m0/s1. The Hall–Kier alpha value is -4.70. The van der Waals surface area contributed by atoms with Crippen LogP contribution in [0.25, 0.3) is 33.2 Å². The largest absolute Gasteiger partial charge is 0.457 e. The van der Waals surface area contributed by atoms with Gasteiger partial charge in [-0.3, -0.25) is 14.5 Å². The molecule has 2 amide bonds. The number of hydrogen-bond donors (Lipinski definition) is 3. The summed E-state index contributed by atoms with van der Waals surface area (Å²) in [5.74, 6) is 3.12. The summed E-state index contributed by atoms with van der Waals surface area (Å²) in [6, 6.07) is 19.9. The summed E-state index contributed by atoms with van der Waals surface area (Å²) in [5, 5.41) is 2.70. The van der Waals surface area contributed by atoms with Crippen molar-refractivity contribution in [2.45, 2.75) is 57.7 Å².